The van der Waals surface area contributed by atoms with Crippen LogP contribution in [0.1, 0.15) is 27.9 Å². The summed E-state index contributed by atoms with van der Waals surface area (Å²) in [6.45, 7) is 0. The maximum absolute atomic E-state index is 12.7. The lowest BCUT2D eigenvalue weighted by atomic mass is 10.0. The van der Waals surface area contributed by atoms with E-state index in [9.17, 15) is 22.4 Å². The fraction of sp³-hybridized carbons (Fsp3) is 0.188. The smallest absolute Gasteiger partial charge is 0.294 e. The SMILES string of the molecule is O=C(CCc1ccc(C(F)(F)F)cc1)c1ccc(F)cc1. The van der Waals surface area contributed by atoms with Crippen LogP contribution in [0.4, 0.5) is 17.6 Å². The molecule has 0 aliphatic carbocycles. The first-order chi connectivity index (χ1) is 9.86. The molecule has 0 bridgehead atoms. The predicted molar refractivity (Wildman–Crippen MR) is 70.5 cm³/mol. The molecule has 0 heterocycles. The van der Waals surface area contributed by atoms with Crippen LogP contribution in [0.25, 0.3) is 0 Å². The second-order valence-electron chi connectivity index (χ2n) is 4.62. The van der Waals surface area contributed by atoms with E-state index in [-0.39, 0.29) is 12.2 Å². The predicted octanol–water partition coefficient (Wildman–Crippen LogP) is 4.66. The van der Waals surface area contributed by atoms with Crippen LogP contribution in [0.5, 0.6) is 0 Å². The van der Waals surface area contributed by atoms with Crippen LogP contribution in [0, 0.1) is 5.82 Å². The summed E-state index contributed by atoms with van der Waals surface area (Å²) in [5.74, 6) is -0.593. The van der Waals surface area contributed by atoms with Gasteiger partial charge < -0.3 is 0 Å². The standard InChI is InChI=1S/C16H12F4O/c17-14-8-4-12(5-9-14)15(21)10-3-11-1-6-13(7-2-11)16(18,19)20/h1-2,4-9H,3,10H2. The highest BCUT2D eigenvalue weighted by Crippen LogP contribution is 2.29. The van der Waals surface area contributed by atoms with Crippen molar-refractivity contribution in [1.82, 2.24) is 0 Å². The van der Waals surface area contributed by atoms with Crippen molar-refractivity contribution in [3.8, 4) is 0 Å². The normalized spacial score (nSPS) is 11.4. The molecule has 0 aromatic heterocycles. The summed E-state index contributed by atoms with van der Waals surface area (Å²) in [5, 5.41) is 0. The van der Waals surface area contributed by atoms with Crippen molar-refractivity contribution in [2.45, 2.75) is 19.0 Å². The summed E-state index contributed by atoms with van der Waals surface area (Å²) in [5.41, 5.74) is 0.331. The molecule has 0 unspecified atom stereocenters. The van der Waals surface area contributed by atoms with Gasteiger partial charge in [-0.05, 0) is 48.4 Å². The van der Waals surface area contributed by atoms with Gasteiger partial charge in [-0.25, -0.2) is 4.39 Å². The number of alkyl halides is 3. The molecule has 0 saturated carbocycles. The van der Waals surface area contributed by atoms with E-state index in [1.165, 1.54) is 36.4 Å². The van der Waals surface area contributed by atoms with Crippen molar-refractivity contribution in [2.24, 2.45) is 0 Å². The van der Waals surface area contributed by atoms with Crippen LogP contribution in [-0.4, -0.2) is 5.78 Å². The van der Waals surface area contributed by atoms with E-state index in [0.29, 0.717) is 17.5 Å². The van der Waals surface area contributed by atoms with Crippen LogP contribution in [0.2, 0.25) is 0 Å². The molecule has 0 radical (unpaired) electrons. The van der Waals surface area contributed by atoms with E-state index in [1.807, 2.05) is 0 Å². The summed E-state index contributed by atoms with van der Waals surface area (Å²) in [4.78, 5) is 11.9. The molecule has 0 aliphatic heterocycles. The second-order valence-corrected chi connectivity index (χ2v) is 4.62. The van der Waals surface area contributed by atoms with Crippen molar-refractivity contribution in [1.29, 1.82) is 0 Å². The molecule has 0 amide bonds. The summed E-state index contributed by atoms with van der Waals surface area (Å²) < 4.78 is 49.9. The minimum absolute atomic E-state index is 0.164. The number of halogens is 4. The van der Waals surface area contributed by atoms with Crippen LogP contribution < -0.4 is 0 Å². The Balaban J connectivity index is 1.97. The van der Waals surface area contributed by atoms with Crippen LogP contribution in [0.3, 0.4) is 0 Å². The number of hydrogen-bond acceptors (Lipinski definition) is 1. The van der Waals surface area contributed by atoms with Crippen LogP contribution >= 0.6 is 0 Å². The molecule has 21 heavy (non-hydrogen) atoms. The van der Waals surface area contributed by atoms with Gasteiger partial charge in [-0.15, -0.1) is 0 Å². The summed E-state index contributed by atoms with van der Waals surface area (Å²) >= 11 is 0. The summed E-state index contributed by atoms with van der Waals surface area (Å²) in [6.07, 6.45) is -3.85. The average molecular weight is 296 g/mol. The van der Waals surface area contributed by atoms with Crippen molar-refractivity contribution in [3.05, 3.63) is 71.0 Å². The number of carbonyl (C=O) groups excluding carboxylic acids is 1. The minimum Gasteiger partial charge on any atom is -0.294 e. The Hall–Kier alpha value is -2.17. The average Bonchev–Trinajstić information content (AvgIpc) is 2.45. The van der Waals surface area contributed by atoms with Gasteiger partial charge in [-0.2, -0.15) is 13.2 Å². The Bertz CT molecular complexity index is 612. The molecule has 1 nitrogen and oxygen atoms in total. The Morgan fingerprint density at radius 3 is 2.00 bits per heavy atom. The lowest BCUT2D eigenvalue weighted by Crippen LogP contribution is -2.05. The first-order valence-corrected chi connectivity index (χ1v) is 6.31. The first-order valence-electron chi connectivity index (χ1n) is 6.31. The van der Waals surface area contributed by atoms with Gasteiger partial charge >= 0.3 is 6.18 Å². The third-order valence-corrected chi connectivity index (χ3v) is 3.09. The maximum Gasteiger partial charge on any atom is 0.416 e. The van der Waals surface area contributed by atoms with E-state index in [0.717, 1.165) is 12.1 Å². The Morgan fingerprint density at radius 1 is 0.905 bits per heavy atom. The van der Waals surface area contributed by atoms with Crippen LogP contribution in [0.15, 0.2) is 48.5 Å². The van der Waals surface area contributed by atoms with Gasteiger partial charge in [0, 0.05) is 12.0 Å². The Morgan fingerprint density at radius 2 is 1.48 bits per heavy atom. The number of aryl methyl sites for hydroxylation is 1. The number of Topliss-reactive ketones (excluding diaryl/α,β-unsaturated/α-hetero) is 1. The topological polar surface area (TPSA) is 17.1 Å². The molecule has 0 aliphatic rings. The van der Waals surface area contributed by atoms with E-state index in [1.54, 1.807) is 0 Å². The fourth-order valence-electron chi connectivity index (χ4n) is 1.90. The zero-order valence-electron chi connectivity index (χ0n) is 11.0. The number of benzene rings is 2. The highest BCUT2D eigenvalue weighted by Gasteiger charge is 2.29. The third kappa shape index (κ3) is 4.15. The monoisotopic (exact) mass is 296 g/mol. The number of ketones is 1. The molecular weight excluding hydrogens is 284 g/mol. The van der Waals surface area contributed by atoms with Crippen molar-refractivity contribution in [3.63, 3.8) is 0 Å². The largest absolute Gasteiger partial charge is 0.416 e. The third-order valence-electron chi connectivity index (χ3n) is 3.09. The molecule has 0 fully saturated rings. The van der Waals surface area contributed by atoms with Gasteiger partial charge in [0.15, 0.2) is 5.78 Å². The fourth-order valence-corrected chi connectivity index (χ4v) is 1.90. The summed E-state index contributed by atoms with van der Waals surface area (Å²) in [6, 6.07) is 9.91. The van der Waals surface area contributed by atoms with E-state index in [2.05, 4.69) is 0 Å². The van der Waals surface area contributed by atoms with Gasteiger partial charge in [0.25, 0.3) is 0 Å². The quantitative estimate of drug-likeness (QED) is 0.592. The van der Waals surface area contributed by atoms with Gasteiger partial charge in [0.2, 0.25) is 0 Å². The number of carbonyl (C=O) groups is 1. The molecule has 0 N–H and O–H groups in total. The van der Waals surface area contributed by atoms with E-state index in [4.69, 9.17) is 0 Å². The number of hydrogen-bond donors (Lipinski definition) is 0. The van der Waals surface area contributed by atoms with Gasteiger partial charge in [0.05, 0.1) is 5.56 Å². The number of rotatable bonds is 4. The minimum atomic E-state index is -4.36. The van der Waals surface area contributed by atoms with E-state index >= 15 is 0 Å². The second kappa shape index (κ2) is 6.08. The first kappa shape index (κ1) is 15.2. The Kier molecular flexibility index (Phi) is 4.40. The van der Waals surface area contributed by atoms with Gasteiger partial charge in [-0.3, -0.25) is 4.79 Å². The maximum atomic E-state index is 12.7. The highest BCUT2D eigenvalue weighted by molar-refractivity contribution is 5.96. The molecule has 2 aromatic carbocycles. The molecule has 5 heteroatoms. The van der Waals surface area contributed by atoms with Crippen molar-refractivity contribution >= 4 is 5.78 Å². The molecule has 0 saturated heterocycles. The van der Waals surface area contributed by atoms with Crippen molar-refractivity contribution < 1.29 is 22.4 Å². The molecular formula is C16H12F4O. The van der Waals surface area contributed by atoms with Crippen LogP contribution in [-0.2, 0) is 12.6 Å². The molecule has 110 valence electrons. The zero-order chi connectivity index (χ0) is 15.5. The Labute approximate surface area is 119 Å². The lowest BCUT2D eigenvalue weighted by molar-refractivity contribution is -0.137. The molecule has 0 spiro atoms. The van der Waals surface area contributed by atoms with E-state index < -0.39 is 17.6 Å². The van der Waals surface area contributed by atoms with Gasteiger partial charge in [0.1, 0.15) is 5.82 Å². The summed E-state index contributed by atoms with van der Waals surface area (Å²) in [7, 11) is 0. The zero-order valence-corrected chi connectivity index (χ0v) is 11.0. The lowest BCUT2D eigenvalue weighted by Gasteiger charge is -2.07. The molecule has 2 aromatic rings. The molecule has 0 atom stereocenters. The molecule has 2 rings (SSSR count). The van der Waals surface area contributed by atoms with Gasteiger partial charge in [-0.1, -0.05) is 12.1 Å². The highest BCUT2D eigenvalue weighted by atomic mass is 19.4. The van der Waals surface area contributed by atoms with Crippen molar-refractivity contribution in [2.75, 3.05) is 0 Å².